The normalized spacial score (nSPS) is 12.2. The number of methoxy groups -OCH3 is 1. The van der Waals surface area contributed by atoms with E-state index in [1.54, 1.807) is 13.8 Å². The van der Waals surface area contributed by atoms with Gasteiger partial charge in [0, 0.05) is 17.6 Å². The highest BCUT2D eigenvalue weighted by Gasteiger charge is 2.29. The Morgan fingerprint density at radius 2 is 2.00 bits per heavy atom. The first-order valence-electron chi connectivity index (χ1n) is 5.83. The molecule has 5 N–H and O–H groups in total. The summed E-state index contributed by atoms with van der Waals surface area (Å²) in [6.07, 6.45) is -0.128. The lowest BCUT2D eigenvalue weighted by Crippen LogP contribution is -2.45. The minimum Gasteiger partial charge on any atom is -0.495 e. The highest BCUT2D eigenvalue weighted by Crippen LogP contribution is 2.27. The molecule has 8 heteroatoms. The van der Waals surface area contributed by atoms with Crippen LogP contribution in [0.15, 0.2) is 23.1 Å². The van der Waals surface area contributed by atoms with Crippen LogP contribution in [-0.2, 0) is 14.8 Å². The van der Waals surface area contributed by atoms with E-state index in [2.05, 4.69) is 4.72 Å². The van der Waals surface area contributed by atoms with Gasteiger partial charge in [0.2, 0.25) is 15.9 Å². The summed E-state index contributed by atoms with van der Waals surface area (Å²) in [5, 5.41) is 0. The number of ether oxygens (including phenoxy) is 1. The van der Waals surface area contributed by atoms with E-state index in [0.29, 0.717) is 5.69 Å². The number of hydrogen-bond acceptors (Lipinski definition) is 5. The van der Waals surface area contributed by atoms with E-state index in [9.17, 15) is 13.2 Å². The molecule has 1 amide bonds. The van der Waals surface area contributed by atoms with Gasteiger partial charge in [-0.1, -0.05) is 0 Å². The minimum absolute atomic E-state index is 0.0856. The van der Waals surface area contributed by atoms with Crippen LogP contribution < -0.4 is 20.9 Å². The van der Waals surface area contributed by atoms with Crippen molar-refractivity contribution in [1.82, 2.24) is 4.72 Å². The Bertz CT molecular complexity index is 611. The van der Waals surface area contributed by atoms with Crippen LogP contribution in [0.1, 0.15) is 20.3 Å². The molecule has 0 unspecified atom stereocenters. The highest BCUT2D eigenvalue weighted by atomic mass is 32.2. The molecule has 0 heterocycles. The summed E-state index contributed by atoms with van der Waals surface area (Å²) in [7, 11) is -2.53. The van der Waals surface area contributed by atoms with Crippen LogP contribution in [0.2, 0.25) is 0 Å². The lowest BCUT2D eigenvalue weighted by molar-refractivity contribution is -0.119. The van der Waals surface area contributed by atoms with Crippen LogP contribution in [0.5, 0.6) is 5.75 Å². The van der Waals surface area contributed by atoms with Gasteiger partial charge in [-0.25, -0.2) is 13.1 Å². The molecule has 112 valence electrons. The molecule has 0 bridgehead atoms. The number of sulfonamides is 1. The average Bonchev–Trinajstić information content (AvgIpc) is 2.25. The molecule has 0 aromatic heterocycles. The molecule has 20 heavy (non-hydrogen) atoms. The average molecular weight is 301 g/mol. The van der Waals surface area contributed by atoms with Crippen LogP contribution in [0.4, 0.5) is 5.69 Å². The minimum atomic E-state index is -3.89. The van der Waals surface area contributed by atoms with Gasteiger partial charge in [-0.15, -0.1) is 0 Å². The molecule has 0 radical (unpaired) electrons. The fraction of sp³-hybridized carbons (Fsp3) is 0.417. The predicted octanol–water partition coefficient (Wildman–Crippen LogP) is 0.210. The van der Waals surface area contributed by atoms with E-state index in [0.717, 1.165) is 0 Å². The molecule has 0 aliphatic heterocycles. The highest BCUT2D eigenvalue weighted by molar-refractivity contribution is 7.89. The Morgan fingerprint density at radius 1 is 1.40 bits per heavy atom. The second-order valence-electron chi connectivity index (χ2n) is 5.04. The second-order valence-corrected chi connectivity index (χ2v) is 6.69. The molecule has 0 spiro atoms. The van der Waals surface area contributed by atoms with Gasteiger partial charge in [0.1, 0.15) is 10.6 Å². The molecule has 0 fully saturated rings. The number of nitrogens with two attached hydrogens (primary N) is 2. The molecule has 0 aliphatic carbocycles. The van der Waals surface area contributed by atoms with Gasteiger partial charge in [-0.05, 0) is 32.0 Å². The van der Waals surface area contributed by atoms with Gasteiger partial charge in [-0.3, -0.25) is 4.79 Å². The van der Waals surface area contributed by atoms with Gasteiger partial charge in [-0.2, -0.15) is 0 Å². The SMILES string of the molecule is COc1ccc(N)cc1S(=O)(=O)NC(C)(C)CC(N)=O. The maximum atomic E-state index is 12.4. The first kappa shape index (κ1) is 16.3. The zero-order chi connectivity index (χ0) is 15.6. The van der Waals surface area contributed by atoms with Crippen molar-refractivity contribution < 1.29 is 17.9 Å². The maximum absolute atomic E-state index is 12.4. The van der Waals surface area contributed by atoms with Crippen molar-refractivity contribution in [3.8, 4) is 5.75 Å². The number of amides is 1. The van der Waals surface area contributed by atoms with E-state index in [1.807, 2.05) is 0 Å². The monoisotopic (exact) mass is 301 g/mol. The Labute approximate surface area is 118 Å². The van der Waals surface area contributed by atoms with Gasteiger partial charge in [0.15, 0.2) is 0 Å². The molecule has 1 rings (SSSR count). The zero-order valence-corrected chi connectivity index (χ0v) is 12.5. The van der Waals surface area contributed by atoms with Crippen LogP contribution in [-0.4, -0.2) is 27.0 Å². The quantitative estimate of drug-likeness (QED) is 0.648. The fourth-order valence-corrected chi connectivity index (χ4v) is 3.41. The molecule has 0 atom stereocenters. The van der Waals surface area contributed by atoms with E-state index < -0.39 is 21.5 Å². The first-order valence-corrected chi connectivity index (χ1v) is 7.31. The van der Waals surface area contributed by atoms with Gasteiger partial charge >= 0.3 is 0 Å². The molecule has 0 saturated heterocycles. The van der Waals surface area contributed by atoms with Crippen LogP contribution in [0.25, 0.3) is 0 Å². The number of primary amides is 1. The lowest BCUT2D eigenvalue weighted by Gasteiger charge is -2.25. The number of anilines is 1. The summed E-state index contributed by atoms with van der Waals surface area (Å²) in [5.41, 5.74) is 9.98. The predicted molar refractivity (Wildman–Crippen MR) is 75.6 cm³/mol. The number of hydrogen-bond donors (Lipinski definition) is 3. The number of nitrogens with one attached hydrogen (secondary N) is 1. The van der Waals surface area contributed by atoms with Crippen molar-refractivity contribution in [2.45, 2.75) is 30.7 Å². The smallest absolute Gasteiger partial charge is 0.244 e. The topological polar surface area (TPSA) is 125 Å². The van der Waals surface area contributed by atoms with Crippen molar-refractivity contribution in [1.29, 1.82) is 0 Å². The van der Waals surface area contributed by atoms with Gasteiger partial charge in [0.05, 0.1) is 7.11 Å². The van der Waals surface area contributed by atoms with Crippen LogP contribution in [0.3, 0.4) is 0 Å². The lowest BCUT2D eigenvalue weighted by atomic mass is 10.0. The summed E-state index contributed by atoms with van der Waals surface area (Å²) in [6, 6.07) is 4.29. The third kappa shape index (κ3) is 4.10. The third-order valence-corrected chi connectivity index (χ3v) is 4.22. The standard InChI is InChI=1S/C12H19N3O4S/c1-12(2,7-11(14)16)15-20(17,18)10-6-8(13)4-5-9(10)19-3/h4-6,15H,7,13H2,1-3H3,(H2,14,16). The molecule has 7 nitrogen and oxygen atoms in total. The number of carbonyl (C=O) groups is 1. The Hall–Kier alpha value is -1.80. The molecular formula is C12H19N3O4S. The zero-order valence-electron chi connectivity index (χ0n) is 11.6. The van der Waals surface area contributed by atoms with E-state index >= 15 is 0 Å². The van der Waals surface area contributed by atoms with Gasteiger partial charge < -0.3 is 16.2 Å². The Morgan fingerprint density at radius 3 is 2.50 bits per heavy atom. The maximum Gasteiger partial charge on any atom is 0.244 e. The van der Waals surface area contributed by atoms with Crippen molar-refractivity contribution in [2.75, 3.05) is 12.8 Å². The van der Waals surface area contributed by atoms with E-state index in [4.69, 9.17) is 16.2 Å². The molecule has 1 aromatic carbocycles. The third-order valence-electron chi connectivity index (χ3n) is 2.50. The van der Waals surface area contributed by atoms with Gasteiger partial charge in [0.25, 0.3) is 0 Å². The summed E-state index contributed by atoms with van der Waals surface area (Å²) in [6.45, 7) is 3.13. The number of nitrogen functional groups attached to an aromatic ring is 1. The molecular weight excluding hydrogens is 282 g/mol. The first-order chi connectivity index (χ1) is 9.07. The second kappa shape index (κ2) is 5.68. The van der Waals surface area contributed by atoms with E-state index in [-0.39, 0.29) is 17.1 Å². The summed E-state index contributed by atoms with van der Waals surface area (Å²) in [5.74, 6) is -0.432. The number of benzene rings is 1. The number of carbonyl (C=O) groups excluding carboxylic acids is 1. The van der Waals surface area contributed by atoms with Crippen molar-refractivity contribution in [2.24, 2.45) is 5.73 Å². The molecule has 0 saturated carbocycles. The number of rotatable bonds is 6. The Balaban J connectivity index is 3.17. The summed E-state index contributed by atoms with van der Waals surface area (Å²) >= 11 is 0. The van der Waals surface area contributed by atoms with Crippen molar-refractivity contribution >= 4 is 21.6 Å². The fourth-order valence-electron chi connectivity index (χ4n) is 1.79. The molecule has 0 aliphatic rings. The van der Waals surface area contributed by atoms with E-state index in [1.165, 1.54) is 25.3 Å². The van der Waals surface area contributed by atoms with Crippen molar-refractivity contribution in [3.63, 3.8) is 0 Å². The molecule has 1 aromatic rings. The van der Waals surface area contributed by atoms with Crippen molar-refractivity contribution in [3.05, 3.63) is 18.2 Å². The van der Waals surface area contributed by atoms with Crippen LogP contribution in [0, 0.1) is 0 Å². The van der Waals surface area contributed by atoms with Crippen LogP contribution >= 0.6 is 0 Å². The summed E-state index contributed by atoms with van der Waals surface area (Å²) in [4.78, 5) is 10.9. The Kier molecular flexibility index (Phi) is 4.61. The summed E-state index contributed by atoms with van der Waals surface area (Å²) < 4.78 is 32.2. The largest absolute Gasteiger partial charge is 0.495 e.